The van der Waals surface area contributed by atoms with Crippen LogP contribution in [0.15, 0.2) is 65.1 Å². The van der Waals surface area contributed by atoms with Gasteiger partial charge in [-0.05, 0) is 67.8 Å². The maximum Gasteiger partial charge on any atom is 0.255 e. The summed E-state index contributed by atoms with van der Waals surface area (Å²) in [5.41, 5.74) is 3.23. The van der Waals surface area contributed by atoms with Crippen LogP contribution in [0.3, 0.4) is 0 Å². The number of hydrogen-bond acceptors (Lipinski definition) is 6. The quantitative estimate of drug-likeness (QED) is 0.281. The van der Waals surface area contributed by atoms with E-state index in [9.17, 15) is 13.4 Å². The van der Waals surface area contributed by atoms with Crippen LogP contribution in [0.1, 0.15) is 28.9 Å². The number of carbonyl (C=O) groups is 1. The minimum atomic E-state index is -1.28. The predicted molar refractivity (Wildman–Crippen MR) is 155 cm³/mol. The summed E-state index contributed by atoms with van der Waals surface area (Å²) in [6, 6.07) is 16.7. The van der Waals surface area contributed by atoms with Crippen molar-refractivity contribution in [2.24, 2.45) is 0 Å². The molecule has 5 rings (SSSR count). The van der Waals surface area contributed by atoms with E-state index in [0.29, 0.717) is 45.9 Å². The number of benzene rings is 3. The number of thioether (sulfide) groups is 1. The van der Waals surface area contributed by atoms with Gasteiger partial charge in [-0.25, -0.2) is 8.60 Å². The normalized spacial score (nSPS) is 17.9. The second kappa shape index (κ2) is 11.4. The maximum atomic E-state index is 13.2. The van der Waals surface area contributed by atoms with E-state index >= 15 is 0 Å². The Hall–Kier alpha value is -3.34. The highest BCUT2D eigenvalue weighted by atomic mass is 32.2. The zero-order valence-electron chi connectivity index (χ0n) is 22.0. The first-order valence-electron chi connectivity index (χ1n) is 12.4. The number of halogens is 1. The zero-order valence-corrected chi connectivity index (χ0v) is 23.7. The molecule has 0 saturated carbocycles. The molecule has 0 saturated heterocycles. The Labute approximate surface area is 233 Å². The third kappa shape index (κ3) is 5.54. The van der Waals surface area contributed by atoms with Gasteiger partial charge in [0.2, 0.25) is 0 Å². The molecule has 0 aliphatic carbocycles. The van der Waals surface area contributed by atoms with Crippen molar-refractivity contribution in [1.29, 1.82) is 0 Å². The first-order chi connectivity index (χ1) is 18.8. The van der Waals surface area contributed by atoms with Gasteiger partial charge in [0, 0.05) is 41.6 Å². The molecule has 0 radical (unpaired) electrons. The van der Waals surface area contributed by atoms with E-state index in [4.69, 9.17) is 13.9 Å². The highest BCUT2D eigenvalue weighted by Crippen LogP contribution is 2.42. The Morgan fingerprint density at radius 3 is 2.44 bits per heavy atom. The average molecular weight is 569 g/mol. The Balaban J connectivity index is 1.58. The lowest BCUT2D eigenvalue weighted by Crippen LogP contribution is -2.34. The molecule has 1 amide bonds. The second-order valence-electron chi connectivity index (χ2n) is 9.21. The topological polar surface area (TPSA) is 81.0 Å². The number of hydrogen-bond donors (Lipinski definition) is 1. The van der Waals surface area contributed by atoms with Gasteiger partial charge >= 0.3 is 0 Å². The molecular weight excluding hydrogens is 539 g/mol. The molecule has 1 aliphatic rings. The van der Waals surface area contributed by atoms with Crippen molar-refractivity contribution in [3.05, 3.63) is 77.6 Å². The summed E-state index contributed by atoms with van der Waals surface area (Å²) in [6.45, 7) is 2.46. The summed E-state index contributed by atoms with van der Waals surface area (Å²) in [4.78, 5) is 13.1. The van der Waals surface area contributed by atoms with E-state index in [1.54, 1.807) is 61.5 Å². The number of anilines is 1. The molecule has 0 fully saturated rings. The van der Waals surface area contributed by atoms with Gasteiger partial charge < -0.3 is 19.2 Å². The molecule has 0 spiro atoms. The smallest absolute Gasteiger partial charge is 0.255 e. The van der Waals surface area contributed by atoms with Gasteiger partial charge in [0.25, 0.3) is 5.91 Å². The molecule has 3 aromatic carbocycles. The fourth-order valence-corrected chi connectivity index (χ4v) is 6.13. The zero-order chi connectivity index (χ0) is 27.7. The molecule has 2 heterocycles. The molecule has 1 aliphatic heterocycles. The lowest BCUT2D eigenvalue weighted by molar-refractivity contribution is 0.0203. The van der Waals surface area contributed by atoms with Crippen LogP contribution in [0.4, 0.5) is 10.1 Å². The van der Waals surface area contributed by atoms with Crippen LogP contribution in [0.2, 0.25) is 0 Å². The molecule has 1 aromatic heterocycles. The van der Waals surface area contributed by atoms with Gasteiger partial charge in [0.1, 0.15) is 39.6 Å². The number of furan rings is 1. The molecule has 0 bridgehead atoms. The lowest BCUT2D eigenvalue weighted by atomic mass is 10.0. The lowest BCUT2D eigenvalue weighted by Gasteiger charge is -2.23. The molecule has 7 nitrogen and oxygen atoms in total. The minimum absolute atomic E-state index is 0.0952. The summed E-state index contributed by atoms with van der Waals surface area (Å²) in [5.74, 6) is 1.63. The summed E-state index contributed by atoms with van der Waals surface area (Å²) in [6.07, 6.45) is 3.31. The minimum Gasteiger partial charge on any atom is -0.457 e. The van der Waals surface area contributed by atoms with E-state index < -0.39 is 11.0 Å². The van der Waals surface area contributed by atoms with E-state index in [-0.39, 0.29) is 23.9 Å². The summed E-state index contributed by atoms with van der Waals surface area (Å²) in [5, 5.41) is 3.37. The number of nitrogens with zero attached hydrogens (tertiary/aromatic N) is 1. The van der Waals surface area contributed by atoms with Crippen molar-refractivity contribution in [2.45, 2.75) is 19.1 Å². The van der Waals surface area contributed by atoms with Crippen LogP contribution in [0, 0.1) is 5.82 Å². The van der Waals surface area contributed by atoms with Crippen LogP contribution in [0.25, 0.3) is 22.3 Å². The Morgan fingerprint density at radius 2 is 1.82 bits per heavy atom. The van der Waals surface area contributed by atoms with Crippen LogP contribution >= 0.6 is 11.8 Å². The van der Waals surface area contributed by atoms with Gasteiger partial charge in [0.05, 0.1) is 30.0 Å². The average Bonchev–Trinajstić information content (AvgIpc) is 3.24. The Morgan fingerprint density at radius 1 is 1.15 bits per heavy atom. The van der Waals surface area contributed by atoms with Crippen LogP contribution in [-0.4, -0.2) is 48.1 Å². The standard InChI is InChI=1S/C29H29FN2O5S2/c1-17-23-13-24-26(14-25(23)32(39(4)34)15-22(35-17)16-38-3)37-28(27(24)29(33)31-2)18-5-9-20(10-6-18)36-21-11-7-19(30)8-12-21/h5-14,17,22H,15-16H2,1-4H3,(H,31,33). The van der Waals surface area contributed by atoms with E-state index in [2.05, 4.69) is 5.32 Å². The number of fused-ring (bicyclic) bond motifs is 2. The van der Waals surface area contributed by atoms with Crippen LogP contribution in [0.5, 0.6) is 11.5 Å². The van der Waals surface area contributed by atoms with Gasteiger partial charge in [-0.1, -0.05) is 0 Å². The summed E-state index contributed by atoms with van der Waals surface area (Å²) >= 11 is 1.68. The van der Waals surface area contributed by atoms with Crippen molar-refractivity contribution in [3.8, 4) is 22.8 Å². The van der Waals surface area contributed by atoms with Crippen molar-refractivity contribution >= 4 is 45.3 Å². The van der Waals surface area contributed by atoms with Crippen LogP contribution in [-0.2, 0) is 15.7 Å². The fraction of sp³-hybridized carbons (Fsp3) is 0.276. The van der Waals surface area contributed by atoms with Crippen molar-refractivity contribution < 1.29 is 27.3 Å². The van der Waals surface area contributed by atoms with E-state index in [1.165, 1.54) is 12.1 Å². The highest BCUT2D eigenvalue weighted by molar-refractivity contribution is 7.98. The first-order valence-corrected chi connectivity index (χ1v) is 15.3. The van der Waals surface area contributed by atoms with Crippen LogP contribution < -0.4 is 14.4 Å². The molecule has 10 heteroatoms. The number of nitrogens with one attached hydrogen (secondary N) is 1. The number of ether oxygens (including phenoxy) is 2. The maximum absolute atomic E-state index is 13.2. The third-order valence-corrected chi connectivity index (χ3v) is 8.26. The fourth-order valence-electron chi connectivity index (χ4n) is 4.77. The van der Waals surface area contributed by atoms with Gasteiger partial charge in [0.15, 0.2) is 0 Å². The van der Waals surface area contributed by atoms with Gasteiger partial charge in [-0.15, -0.1) is 0 Å². The van der Waals surface area contributed by atoms with Gasteiger partial charge in [-0.3, -0.25) is 9.10 Å². The van der Waals surface area contributed by atoms with E-state index in [1.807, 2.05) is 29.6 Å². The van der Waals surface area contributed by atoms with Crippen molar-refractivity contribution in [1.82, 2.24) is 5.32 Å². The molecule has 204 valence electrons. The summed E-state index contributed by atoms with van der Waals surface area (Å²) < 4.78 is 46.3. The third-order valence-electron chi connectivity index (χ3n) is 6.59. The number of rotatable bonds is 7. The predicted octanol–water partition coefficient (Wildman–Crippen LogP) is 6.31. The molecule has 3 atom stereocenters. The molecule has 1 N–H and O–H groups in total. The van der Waals surface area contributed by atoms with Crippen molar-refractivity contribution in [2.75, 3.05) is 36.2 Å². The Kier molecular flexibility index (Phi) is 7.97. The second-order valence-corrected chi connectivity index (χ2v) is 11.4. The number of carbonyl (C=O) groups excluding carboxylic acids is 1. The molecule has 39 heavy (non-hydrogen) atoms. The monoisotopic (exact) mass is 568 g/mol. The summed E-state index contributed by atoms with van der Waals surface area (Å²) in [7, 11) is 0.294. The Bertz CT molecular complexity index is 1520. The highest BCUT2D eigenvalue weighted by Gasteiger charge is 2.31. The van der Waals surface area contributed by atoms with E-state index in [0.717, 1.165) is 17.0 Å². The SMILES string of the molecule is CNC(=O)c1c(-c2ccc(Oc3ccc(F)cc3)cc2)oc2cc3c(cc12)C(C)OC(CSC)CN3S(C)=O. The van der Waals surface area contributed by atoms with Gasteiger partial charge in [-0.2, -0.15) is 11.8 Å². The molecule has 3 unspecified atom stereocenters. The largest absolute Gasteiger partial charge is 0.457 e. The first kappa shape index (κ1) is 27.2. The van der Waals surface area contributed by atoms with Crippen molar-refractivity contribution in [3.63, 3.8) is 0 Å². The molecule has 4 aromatic rings. The molecular formula is C29H29FN2O5S2. The number of amides is 1.